The minimum absolute atomic E-state index is 0.221. The molecule has 0 aliphatic heterocycles. The number of carbonyl (C=O) groups excluding carboxylic acids is 1. The lowest BCUT2D eigenvalue weighted by atomic mass is 9.67. The smallest absolute Gasteiger partial charge is 0.136 e. The van der Waals surface area contributed by atoms with Gasteiger partial charge in [-0.05, 0) is 48.3 Å². The van der Waals surface area contributed by atoms with Gasteiger partial charge in [-0.25, -0.2) is 0 Å². The fourth-order valence-electron chi connectivity index (χ4n) is 3.00. The molecule has 0 spiro atoms. The third kappa shape index (κ3) is 3.92. The van der Waals surface area contributed by atoms with Crippen LogP contribution < -0.4 is 0 Å². The summed E-state index contributed by atoms with van der Waals surface area (Å²) in [6, 6.07) is 8.36. The van der Waals surface area contributed by atoms with E-state index >= 15 is 0 Å². The highest BCUT2D eigenvalue weighted by Gasteiger charge is 2.34. The second-order valence-corrected chi connectivity index (χ2v) is 7.75. The topological polar surface area (TPSA) is 17.1 Å². The molecule has 0 N–H and O–H groups in total. The molecule has 1 nitrogen and oxygen atoms in total. The van der Waals surface area contributed by atoms with Gasteiger partial charge in [-0.15, -0.1) is 0 Å². The maximum Gasteiger partial charge on any atom is 0.136 e. The molecule has 2 atom stereocenters. The maximum atomic E-state index is 12.1. The molecule has 0 aromatic heterocycles. The Bertz CT molecular complexity index is 441. The number of hydrogen-bond acceptors (Lipinski definition) is 1. The Morgan fingerprint density at radius 2 is 1.84 bits per heavy atom. The van der Waals surface area contributed by atoms with E-state index in [1.54, 1.807) is 0 Å². The molecule has 2 rings (SSSR count). The van der Waals surface area contributed by atoms with Crippen molar-refractivity contribution in [1.82, 2.24) is 0 Å². The first kappa shape index (κ1) is 14.8. The lowest BCUT2D eigenvalue weighted by Gasteiger charge is -2.37. The van der Waals surface area contributed by atoms with Crippen molar-refractivity contribution in [3.05, 3.63) is 34.3 Å². The molecule has 104 valence electrons. The molecular formula is C17H23BrO. The van der Waals surface area contributed by atoms with Crippen LogP contribution in [0.2, 0.25) is 0 Å². The molecule has 1 saturated carbocycles. The highest BCUT2D eigenvalue weighted by Crippen LogP contribution is 2.39. The van der Waals surface area contributed by atoms with E-state index in [1.807, 2.05) is 0 Å². The molecule has 0 radical (unpaired) electrons. The van der Waals surface area contributed by atoms with Crippen LogP contribution in [0.4, 0.5) is 0 Å². The molecule has 1 fully saturated rings. The third-order valence-electron chi connectivity index (χ3n) is 4.38. The predicted molar refractivity (Wildman–Crippen MR) is 83.1 cm³/mol. The van der Waals surface area contributed by atoms with Gasteiger partial charge in [0, 0.05) is 16.8 Å². The molecule has 0 unspecified atom stereocenters. The SMILES string of the molecule is CC(C)(C)[C@@H]1CCC(=O)[C@H](Cc2ccc(Br)cc2)C1. The number of hydrogen-bond donors (Lipinski definition) is 0. The molecule has 0 saturated heterocycles. The third-order valence-corrected chi connectivity index (χ3v) is 4.91. The fourth-order valence-corrected chi connectivity index (χ4v) is 3.27. The maximum absolute atomic E-state index is 12.1. The average molecular weight is 323 g/mol. The van der Waals surface area contributed by atoms with Gasteiger partial charge in [-0.3, -0.25) is 4.79 Å². The zero-order valence-electron chi connectivity index (χ0n) is 12.1. The number of rotatable bonds is 2. The standard InChI is InChI=1S/C17H23BrO/c1-17(2,3)14-6-9-16(19)13(11-14)10-12-4-7-15(18)8-5-12/h4-5,7-8,13-14H,6,9-11H2,1-3H3/t13-,14-/m1/s1. The highest BCUT2D eigenvalue weighted by atomic mass is 79.9. The Labute approximate surface area is 124 Å². The van der Waals surface area contributed by atoms with E-state index in [2.05, 4.69) is 61.0 Å². The zero-order valence-corrected chi connectivity index (χ0v) is 13.7. The number of halogens is 1. The summed E-state index contributed by atoms with van der Waals surface area (Å²) in [6.45, 7) is 6.89. The molecule has 0 amide bonds. The van der Waals surface area contributed by atoms with Crippen molar-refractivity contribution in [1.29, 1.82) is 0 Å². The molecule has 0 heterocycles. The molecule has 0 bridgehead atoms. The summed E-state index contributed by atoms with van der Waals surface area (Å²) in [7, 11) is 0. The van der Waals surface area contributed by atoms with Crippen LogP contribution in [0.15, 0.2) is 28.7 Å². The predicted octanol–water partition coefficient (Wildman–Crippen LogP) is 5.02. The molecule has 1 aliphatic rings. The molecular weight excluding hydrogens is 300 g/mol. The van der Waals surface area contributed by atoms with E-state index < -0.39 is 0 Å². The summed E-state index contributed by atoms with van der Waals surface area (Å²) in [4.78, 5) is 12.1. The van der Waals surface area contributed by atoms with E-state index in [9.17, 15) is 4.79 Å². The minimum atomic E-state index is 0.221. The Kier molecular flexibility index (Phi) is 4.50. The van der Waals surface area contributed by atoms with Gasteiger partial charge in [0.2, 0.25) is 0 Å². The van der Waals surface area contributed by atoms with Crippen LogP contribution in [0.3, 0.4) is 0 Å². The number of benzene rings is 1. The summed E-state index contributed by atoms with van der Waals surface area (Å²) in [5.41, 5.74) is 1.59. The van der Waals surface area contributed by atoms with Gasteiger partial charge >= 0.3 is 0 Å². The van der Waals surface area contributed by atoms with E-state index in [-0.39, 0.29) is 5.92 Å². The van der Waals surface area contributed by atoms with Crippen LogP contribution in [0.25, 0.3) is 0 Å². The minimum Gasteiger partial charge on any atom is -0.299 e. The van der Waals surface area contributed by atoms with Gasteiger partial charge in [0.15, 0.2) is 0 Å². The van der Waals surface area contributed by atoms with Crippen molar-refractivity contribution in [2.75, 3.05) is 0 Å². The van der Waals surface area contributed by atoms with E-state index in [0.717, 1.165) is 30.2 Å². The van der Waals surface area contributed by atoms with Gasteiger partial charge in [-0.1, -0.05) is 48.8 Å². The van der Waals surface area contributed by atoms with Gasteiger partial charge in [-0.2, -0.15) is 0 Å². The fraction of sp³-hybridized carbons (Fsp3) is 0.588. The lowest BCUT2D eigenvalue weighted by molar-refractivity contribution is -0.126. The van der Waals surface area contributed by atoms with Crippen molar-refractivity contribution in [2.24, 2.45) is 17.3 Å². The number of Topliss-reactive ketones (excluding diaryl/α,β-unsaturated/α-hetero) is 1. The quantitative estimate of drug-likeness (QED) is 0.746. The highest BCUT2D eigenvalue weighted by molar-refractivity contribution is 9.10. The van der Waals surface area contributed by atoms with Crippen LogP contribution in [-0.4, -0.2) is 5.78 Å². The molecule has 19 heavy (non-hydrogen) atoms. The van der Waals surface area contributed by atoms with Gasteiger partial charge in [0.1, 0.15) is 5.78 Å². The van der Waals surface area contributed by atoms with Crippen LogP contribution in [0.5, 0.6) is 0 Å². The zero-order chi connectivity index (χ0) is 14.0. The second-order valence-electron chi connectivity index (χ2n) is 6.83. The van der Waals surface area contributed by atoms with Gasteiger partial charge in [0.05, 0.1) is 0 Å². The lowest BCUT2D eigenvalue weighted by Crippen LogP contribution is -2.33. The second kappa shape index (κ2) is 5.78. The first-order valence-electron chi connectivity index (χ1n) is 7.13. The molecule has 1 aromatic carbocycles. The Hall–Kier alpha value is -0.630. The summed E-state index contributed by atoms with van der Waals surface area (Å²) in [5.74, 6) is 1.35. The largest absolute Gasteiger partial charge is 0.299 e. The summed E-state index contributed by atoms with van der Waals surface area (Å²) in [5, 5.41) is 0. The van der Waals surface area contributed by atoms with Crippen LogP contribution in [0, 0.1) is 17.3 Å². The van der Waals surface area contributed by atoms with E-state index in [1.165, 1.54) is 5.56 Å². The Morgan fingerprint density at radius 1 is 1.21 bits per heavy atom. The summed E-state index contributed by atoms with van der Waals surface area (Å²) in [6.07, 6.45) is 3.79. The first-order chi connectivity index (χ1) is 8.86. The van der Waals surface area contributed by atoms with Crippen LogP contribution in [0.1, 0.15) is 45.6 Å². The van der Waals surface area contributed by atoms with Crippen LogP contribution >= 0.6 is 15.9 Å². The summed E-state index contributed by atoms with van der Waals surface area (Å²) >= 11 is 3.45. The van der Waals surface area contributed by atoms with Gasteiger partial charge in [0.25, 0.3) is 0 Å². The first-order valence-corrected chi connectivity index (χ1v) is 7.92. The Morgan fingerprint density at radius 3 is 2.42 bits per heavy atom. The van der Waals surface area contributed by atoms with Crippen molar-refractivity contribution in [3.63, 3.8) is 0 Å². The normalized spacial score (nSPS) is 24.5. The average Bonchev–Trinajstić information content (AvgIpc) is 2.33. The molecule has 1 aliphatic carbocycles. The van der Waals surface area contributed by atoms with E-state index in [0.29, 0.717) is 17.1 Å². The van der Waals surface area contributed by atoms with Crippen molar-refractivity contribution in [2.45, 2.75) is 46.5 Å². The summed E-state index contributed by atoms with van der Waals surface area (Å²) < 4.78 is 1.10. The van der Waals surface area contributed by atoms with Gasteiger partial charge < -0.3 is 0 Å². The van der Waals surface area contributed by atoms with Crippen molar-refractivity contribution in [3.8, 4) is 0 Å². The Balaban J connectivity index is 2.05. The van der Waals surface area contributed by atoms with Crippen molar-refractivity contribution >= 4 is 21.7 Å². The molecule has 1 aromatic rings. The number of carbonyl (C=O) groups is 1. The van der Waals surface area contributed by atoms with Crippen molar-refractivity contribution < 1.29 is 4.79 Å². The van der Waals surface area contributed by atoms with Crippen LogP contribution in [-0.2, 0) is 11.2 Å². The van der Waals surface area contributed by atoms with E-state index in [4.69, 9.17) is 0 Å². The number of ketones is 1. The monoisotopic (exact) mass is 322 g/mol. The molecule has 2 heteroatoms.